The van der Waals surface area contributed by atoms with Crippen LogP contribution in [0, 0.1) is 11.6 Å². The Hall–Kier alpha value is -2.93. The van der Waals surface area contributed by atoms with Gasteiger partial charge in [-0.25, -0.2) is 18.3 Å². The Morgan fingerprint density at radius 2 is 2.00 bits per heavy atom. The monoisotopic (exact) mass is 378 g/mol. The normalized spacial score (nSPS) is 10.6. The highest BCUT2D eigenvalue weighted by atomic mass is 35.5. The summed E-state index contributed by atoms with van der Waals surface area (Å²) < 4.78 is 38.2. The van der Waals surface area contributed by atoms with Crippen LogP contribution in [0.15, 0.2) is 48.5 Å². The van der Waals surface area contributed by atoms with Crippen molar-refractivity contribution in [2.45, 2.75) is 6.92 Å². The number of hydrogen-bond acceptors (Lipinski definition) is 4. The minimum absolute atomic E-state index is 0.0526. The molecule has 134 valence electrons. The molecule has 0 radical (unpaired) electrons. The molecule has 0 N–H and O–H groups in total. The van der Waals surface area contributed by atoms with E-state index in [0.717, 1.165) is 0 Å². The van der Waals surface area contributed by atoms with Crippen LogP contribution in [-0.2, 0) is 4.74 Å². The molecule has 0 spiro atoms. The van der Waals surface area contributed by atoms with Gasteiger partial charge >= 0.3 is 6.16 Å². The zero-order valence-corrected chi connectivity index (χ0v) is 14.3. The van der Waals surface area contributed by atoms with E-state index >= 15 is 0 Å². The zero-order chi connectivity index (χ0) is 18.7. The minimum Gasteiger partial charge on any atom is -0.434 e. The highest BCUT2D eigenvalue weighted by Gasteiger charge is 2.17. The predicted molar refractivity (Wildman–Crippen MR) is 91.6 cm³/mol. The Labute approximate surface area is 152 Å². The average molecular weight is 379 g/mol. The second kappa shape index (κ2) is 7.53. The Bertz CT molecular complexity index is 959. The highest BCUT2D eigenvalue weighted by molar-refractivity contribution is 6.30. The first-order valence-electron chi connectivity index (χ1n) is 7.64. The summed E-state index contributed by atoms with van der Waals surface area (Å²) in [7, 11) is 0. The second-order valence-corrected chi connectivity index (χ2v) is 5.58. The lowest BCUT2D eigenvalue weighted by atomic mass is 10.1. The van der Waals surface area contributed by atoms with Gasteiger partial charge < -0.3 is 9.47 Å². The molecule has 0 saturated heterocycles. The van der Waals surface area contributed by atoms with E-state index in [4.69, 9.17) is 21.1 Å². The third-order valence-electron chi connectivity index (χ3n) is 3.41. The summed E-state index contributed by atoms with van der Waals surface area (Å²) in [6, 6.07) is 11.2. The first-order chi connectivity index (χ1) is 12.5. The van der Waals surface area contributed by atoms with Gasteiger partial charge in [0.15, 0.2) is 0 Å². The van der Waals surface area contributed by atoms with Gasteiger partial charge in [-0.2, -0.15) is 0 Å². The van der Waals surface area contributed by atoms with Crippen molar-refractivity contribution in [2.24, 2.45) is 0 Å². The molecule has 3 rings (SSSR count). The molecule has 0 aliphatic carbocycles. The standard InChI is InChI=1S/C18H13ClF2N2O3/c1-2-25-18(24)26-17-10-16(11-4-3-5-12(20)8-11)23(22-17)13-6-7-15(21)14(19)9-13/h3-10H,2H2,1H3. The topological polar surface area (TPSA) is 53.4 Å². The number of benzene rings is 2. The van der Waals surface area contributed by atoms with E-state index in [2.05, 4.69) is 5.10 Å². The van der Waals surface area contributed by atoms with Crippen LogP contribution in [-0.4, -0.2) is 22.5 Å². The maximum atomic E-state index is 13.6. The summed E-state index contributed by atoms with van der Waals surface area (Å²) in [6.07, 6.45) is -0.917. The van der Waals surface area contributed by atoms with Crippen LogP contribution in [0.2, 0.25) is 5.02 Å². The fourth-order valence-corrected chi connectivity index (χ4v) is 2.48. The van der Waals surface area contributed by atoms with Crippen LogP contribution >= 0.6 is 11.6 Å². The summed E-state index contributed by atoms with van der Waals surface area (Å²) >= 11 is 5.84. The molecule has 8 heteroatoms. The molecule has 0 aliphatic heterocycles. The van der Waals surface area contributed by atoms with Crippen molar-refractivity contribution in [1.82, 2.24) is 9.78 Å². The van der Waals surface area contributed by atoms with Crippen molar-refractivity contribution in [3.05, 3.63) is 65.2 Å². The van der Waals surface area contributed by atoms with Gasteiger partial charge in [-0.05, 0) is 37.3 Å². The number of hydrogen-bond donors (Lipinski definition) is 0. The second-order valence-electron chi connectivity index (χ2n) is 5.17. The number of nitrogens with zero attached hydrogens (tertiary/aromatic N) is 2. The van der Waals surface area contributed by atoms with Crippen molar-refractivity contribution < 1.29 is 23.0 Å². The van der Waals surface area contributed by atoms with E-state index in [9.17, 15) is 13.6 Å². The maximum absolute atomic E-state index is 13.6. The molecule has 0 atom stereocenters. The first-order valence-corrected chi connectivity index (χ1v) is 8.01. The molecular formula is C18H13ClF2N2O3. The van der Waals surface area contributed by atoms with Crippen LogP contribution in [0.1, 0.15) is 6.92 Å². The summed E-state index contributed by atoms with van der Waals surface area (Å²) in [5, 5.41) is 4.07. The Kier molecular flexibility index (Phi) is 5.18. The smallest absolute Gasteiger partial charge is 0.434 e. The predicted octanol–water partition coefficient (Wildman–Crippen LogP) is 5.01. The zero-order valence-electron chi connectivity index (χ0n) is 13.6. The molecule has 0 unspecified atom stereocenters. The first kappa shape index (κ1) is 17.9. The molecule has 26 heavy (non-hydrogen) atoms. The number of halogens is 3. The van der Waals surface area contributed by atoms with E-state index in [-0.39, 0.29) is 17.5 Å². The third-order valence-corrected chi connectivity index (χ3v) is 3.69. The van der Waals surface area contributed by atoms with Crippen LogP contribution < -0.4 is 4.74 Å². The quantitative estimate of drug-likeness (QED) is 0.599. The number of aromatic nitrogens is 2. The highest BCUT2D eigenvalue weighted by Crippen LogP contribution is 2.29. The summed E-state index contributed by atoms with van der Waals surface area (Å²) in [5.41, 5.74) is 1.32. The molecule has 0 saturated carbocycles. The molecule has 5 nitrogen and oxygen atoms in total. The van der Waals surface area contributed by atoms with Crippen LogP contribution in [0.25, 0.3) is 16.9 Å². The fourth-order valence-electron chi connectivity index (χ4n) is 2.31. The molecule has 0 fully saturated rings. The fraction of sp³-hybridized carbons (Fsp3) is 0.111. The number of rotatable bonds is 4. The average Bonchev–Trinajstić information content (AvgIpc) is 3.01. The number of carbonyl (C=O) groups is 1. The number of ether oxygens (including phenoxy) is 2. The molecular weight excluding hydrogens is 366 g/mol. The van der Waals surface area contributed by atoms with E-state index in [1.165, 1.54) is 47.1 Å². The SMILES string of the molecule is CCOC(=O)Oc1cc(-c2cccc(F)c2)n(-c2ccc(F)c(Cl)c2)n1. The summed E-state index contributed by atoms with van der Waals surface area (Å²) in [5.74, 6) is -1.08. The Morgan fingerprint density at radius 3 is 2.69 bits per heavy atom. The third kappa shape index (κ3) is 3.83. The van der Waals surface area contributed by atoms with Crippen molar-refractivity contribution in [2.75, 3.05) is 6.61 Å². The molecule has 0 amide bonds. The van der Waals surface area contributed by atoms with Gasteiger partial charge in [-0.1, -0.05) is 23.7 Å². The largest absolute Gasteiger partial charge is 0.515 e. The number of carbonyl (C=O) groups excluding carboxylic acids is 1. The molecule has 2 aromatic carbocycles. The lowest BCUT2D eigenvalue weighted by molar-refractivity contribution is 0.102. The molecule has 1 aromatic heterocycles. The molecule has 3 aromatic rings. The van der Waals surface area contributed by atoms with Gasteiger partial charge in [0.25, 0.3) is 0 Å². The maximum Gasteiger partial charge on any atom is 0.515 e. The summed E-state index contributed by atoms with van der Waals surface area (Å²) in [4.78, 5) is 11.5. The lowest BCUT2D eigenvalue weighted by Crippen LogP contribution is -2.10. The van der Waals surface area contributed by atoms with Crippen LogP contribution in [0.3, 0.4) is 0 Å². The molecule has 0 aliphatic rings. The Balaban J connectivity index is 2.09. The van der Waals surface area contributed by atoms with E-state index < -0.39 is 17.8 Å². The van der Waals surface area contributed by atoms with Gasteiger partial charge in [-0.3, -0.25) is 0 Å². The van der Waals surface area contributed by atoms with Crippen molar-refractivity contribution in [1.29, 1.82) is 0 Å². The van der Waals surface area contributed by atoms with Gasteiger partial charge in [0.2, 0.25) is 5.88 Å². The summed E-state index contributed by atoms with van der Waals surface area (Å²) in [6.45, 7) is 1.78. The van der Waals surface area contributed by atoms with Crippen molar-refractivity contribution in [3.63, 3.8) is 0 Å². The van der Waals surface area contributed by atoms with Gasteiger partial charge in [-0.15, -0.1) is 5.10 Å². The van der Waals surface area contributed by atoms with Gasteiger partial charge in [0.05, 0.1) is 23.0 Å². The van der Waals surface area contributed by atoms with Crippen molar-refractivity contribution in [3.8, 4) is 22.8 Å². The van der Waals surface area contributed by atoms with E-state index in [1.807, 2.05) is 0 Å². The lowest BCUT2D eigenvalue weighted by Gasteiger charge is -2.08. The minimum atomic E-state index is -0.917. The van der Waals surface area contributed by atoms with E-state index in [0.29, 0.717) is 16.9 Å². The van der Waals surface area contributed by atoms with Gasteiger partial charge in [0, 0.05) is 11.6 Å². The molecule has 0 bridgehead atoms. The molecule has 1 heterocycles. The van der Waals surface area contributed by atoms with Crippen LogP contribution in [0.4, 0.5) is 13.6 Å². The Morgan fingerprint density at radius 1 is 1.19 bits per heavy atom. The van der Waals surface area contributed by atoms with Gasteiger partial charge in [0.1, 0.15) is 11.6 Å². The van der Waals surface area contributed by atoms with Crippen molar-refractivity contribution >= 4 is 17.8 Å². The van der Waals surface area contributed by atoms with Crippen LogP contribution in [0.5, 0.6) is 5.88 Å². The van der Waals surface area contributed by atoms with E-state index in [1.54, 1.807) is 13.0 Å².